The molecule has 3 rings (SSSR count). The van der Waals surface area contributed by atoms with Crippen molar-refractivity contribution in [2.75, 3.05) is 0 Å². The molecule has 3 aromatic rings. The fourth-order valence-electron chi connectivity index (χ4n) is 2.57. The molecule has 0 aliphatic carbocycles. The Bertz CT molecular complexity index is 991. The number of hydrogen-bond donors (Lipinski definition) is 3. The van der Waals surface area contributed by atoms with Gasteiger partial charge in [0.05, 0.1) is 4.88 Å². The highest BCUT2D eigenvalue weighted by atomic mass is 35.5. The molecule has 0 spiro atoms. The summed E-state index contributed by atoms with van der Waals surface area (Å²) in [5.41, 5.74) is 2.45. The molecule has 1 atom stereocenters. The molecule has 0 saturated heterocycles. The molecule has 0 aliphatic rings. The van der Waals surface area contributed by atoms with Crippen LogP contribution < -0.4 is 11.2 Å². The average molecular weight is 403 g/mol. The molecule has 0 fully saturated rings. The minimum atomic E-state index is -1.06. The van der Waals surface area contributed by atoms with Crippen LogP contribution in [0.4, 0.5) is 4.39 Å². The highest BCUT2D eigenvalue weighted by Gasteiger charge is 2.22. The van der Waals surface area contributed by atoms with E-state index in [1.54, 1.807) is 12.4 Å². The van der Waals surface area contributed by atoms with E-state index in [2.05, 4.69) is 22.0 Å². The lowest BCUT2D eigenvalue weighted by atomic mass is 10.00. The summed E-state index contributed by atoms with van der Waals surface area (Å²) in [7, 11) is 0. The summed E-state index contributed by atoms with van der Waals surface area (Å²) >= 11 is 7.57. The number of thiophene rings is 1. The maximum atomic E-state index is 13.4. The van der Waals surface area contributed by atoms with Crippen molar-refractivity contribution >= 4 is 35.0 Å². The fourth-order valence-corrected chi connectivity index (χ4v) is 3.97. The van der Waals surface area contributed by atoms with Crippen LogP contribution in [-0.2, 0) is 0 Å². The third-order valence-electron chi connectivity index (χ3n) is 3.86. The lowest BCUT2D eigenvalue weighted by Gasteiger charge is -2.15. The maximum absolute atomic E-state index is 13.4. The van der Waals surface area contributed by atoms with Gasteiger partial charge in [-0.25, -0.2) is 4.39 Å². The zero-order valence-corrected chi connectivity index (χ0v) is 15.6. The maximum Gasteiger partial charge on any atom is 0.124 e. The summed E-state index contributed by atoms with van der Waals surface area (Å²) in [5, 5.41) is 17.3. The number of hydrogen-bond acceptors (Lipinski definition) is 5. The molecule has 1 unspecified atom stereocenters. The second-order valence-electron chi connectivity index (χ2n) is 5.60. The molecule has 2 heterocycles. The third kappa shape index (κ3) is 4.16. The van der Waals surface area contributed by atoms with Gasteiger partial charge in [0.25, 0.3) is 0 Å². The number of nitrogens with two attached hydrogens (primary N) is 1. The molecule has 0 radical (unpaired) electrons. The summed E-state index contributed by atoms with van der Waals surface area (Å²) in [6.45, 7) is 3.98. The number of aliphatic hydroxyl groups is 1. The molecule has 8 heteroatoms. The van der Waals surface area contributed by atoms with Crippen molar-refractivity contribution in [1.82, 2.24) is 10.3 Å². The zero-order chi connectivity index (χ0) is 19.4. The smallest absolute Gasteiger partial charge is 0.124 e. The van der Waals surface area contributed by atoms with Crippen molar-refractivity contribution in [3.05, 3.63) is 82.2 Å². The van der Waals surface area contributed by atoms with Crippen molar-refractivity contribution in [2.24, 2.45) is 10.9 Å². The molecule has 2 aromatic heterocycles. The first-order valence-corrected chi connectivity index (χ1v) is 9.05. The van der Waals surface area contributed by atoms with Gasteiger partial charge in [-0.05, 0) is 35.9 Å². The van der Waals surface area contributed by atoms with Crippen molar-refractivity contribution in [1.29, 1.82) is 0 Å². The second-order valence-corrected chi connectivity index (χ2v) is 7.06. The number of benzene rings is 1. The van der Waals surface area contributed by atoms with E-state index in [-0.39, 0.29) is 5.02 Å². The van der Waals surface area contributed by atoms with Crippen LogP contribution >= 0.6 is 22.9 Å². The molecule has 138 valence electrons. The molecular weight excluding hydrogens is 387 g/mol. The number of nitrogens with one attached hydrogen (secondary N) is 1. The van der Waals surface area contributed by atoms with E-state index < -0.39 is 11.9 Å². The third-order valence-corrected chi connectivity index (χ3v) is 5.45. The molecule has 1 aromatic carbocycles. The van der Waals surface area contributed by atoms with Crippen LogP contribution in [0.25, 0.3) is 16.1 Å². The zero-order valence-electron chi connectivity index (χ0n) is 14.1. The Labute approximate surface area is 164 Å². The van der Waals surface area contributed by atoms with E-state index >= 15 is 0 Å². The van der Waals surface area contributed by atoms with Crippen LogP contribution in [0, 0.1) is 5.82 Å². The lowest BCUT2D eigenvalue weighted by Crippen LogP contribution is -2.11. The molecule has 0 aliphatic heterocycles. The Morgan fingerprint density at radius 1 is 1.30 bits per heavy atom. The van der Waals surface area contributed by atoms with Gasteiger partial charge in [0, 0.05) is 39.1 Å². The van der Waals surface area contributed by atoms with Gasteiger partial charge in [0.1, 0.15) is 18.3 Å². The molecular formula is C19H16ClFN4OS. The SMILES string of the molecule is C=C(N/C=N\N)c1sc(-c2ccncc2)cc1C(O)c1ccc(F)cc1Cl. The second kappa shape index (κ2) is 8.30. The molecule has 27 heavy (non-hydrogen) atoms. The lowest BCUT2D eigenvalue weighted by molar-refractivity contribution is 0.220. The van der Waals surface area contributed by atoms with Gasteiger partial charge in [-0.3, -0.25) is 4.98 Å². The summed E-state index contributed by atoms with van der Waals surface area (Å²) < 4.78 is 13.4. The minimum absolute atomic E-state index is 0.146. The van der Waals surface area contributed by atoms with E-state index in [1.807, 2.05) is 18.2 Å². The first kappa shape index (κ1) is 19.0. The van der Waals surface area contributed by atoms with E-state index in [0.717, 1.165) is 10.4 Å². The summed E-state index contributed by atoms with van der Waals surface area (Å²) in [5.74, 6) is 4.67. The number of hydrazone groups is 1. The monoisotopic (exact) mass is 402 g/mol. The Morgan fingerprint density at radius 3 is 2.70 bits per heavy atom. The van der Waals surface area contributed by atoms with E-state index in [1.165, 1.54) is 35.9 Å². The van der Waals surface area contributed by atoms with Crippen molar-refractivity contribution in [2.45, 2.75) is 6.10 Å². The largest absolute Gasteiger partial charge is 0.384 e. The first-order valence-electron chi connectivity index (χ1n) is 7.86. The predicted molar refractivity (Wildman–Crippen MR) is 108 cm³/mol. The van der Waals surface area contributed by atoms with Gasteiger partial charge in [0.2, 0.25) is 0 Å². The number of pyridine rings is 1. The number of rotatable bonds is 6. The number of halogens is 2. The Hall–Kier alpha value is -2.74. The van der Waals surface area contributed by atoms with Crippen LogP contribution in [0.2, 0.25) is 5.02 Å². The number of aromatic nitrogens is 1. The van der Waals surface area contributed by atoms with Crippen molar-refractivity contribution in [3.8, 4) is 10.4 Å². The van der Waals surface area contributed by atoms with Crippen LogP contribution in [0.1, 0.15) is 22.1 Å². The Balaban J connectivity index is 2.08. The van der Waals surface area contributed by atoms with Crippen molar-refractivity contribution in [3.63, 3.8) is 0 Å². The van der Waals surface area contributed by atoms with Gasteiger partial charge in [-0.15, -0.1) is 11.3 Å². The van der Waals surface area contributed by atoms with Crippen molar-refractivity contribution < 1.29 is 9.50 Å². The van der Waals surface area contributed by atoms with E-state index in [0.29, 0.717) is 21.7 Å². The van der Waals surface area contributed by atoms with Gasteiger partial charge in [-0.2, -0.15) is 5.10 Å². The van der Waals surface area contributed by atoms with Crippen LogP contribution in [-0.4, -0.2) is 16.4 Å². The van der Waals surface area contributed by atoms with Gasteiger partial charge in [0.15, 0.2) is 0 Å². The summed E-state index contributed by atoms with van der Waals surface area (Å²) in [6, 6.07) is 9.49. The van der Waals surface area contributed by atoms with Gasteiger partial charge >= 0.3 is 0 Å². The molecule has 5 nitrogen and oxygen atoms in total. The molecule has 0 saturated carbocycles. The Morgan fingerprint density at radius 2 is 2.04 bits per heavy atom. The highest BCUT2D eigenvalue weighted by Crippen LogP contribution is 2.40. The van der Waals surface area contributed by atoms with Gasteiger partial charge in [-0.1, -0.05) is 24.2 Å². The standard InChI is InChI=1S/C19H16ClFN4OS/c1-11(24-10-25-22)19-15(9-17(27-19)12-4-6-23-7-5-12)18(26)14-3-2-13(21)8-16(14)20/h2-10,18,26H,1,22H2,(H,24,25). The summed E-state index contributed by atoms with van der Waals surface area (Å²) in [6.07, 6.45) is 3.62. The Kier molecular flexibility index (Phi) is 5.85. The quantitative estimate of drug-likeness (QED) is 0.250. The first-order chi connectivity index (χ1) is 13.0. The summed E-state index contributed by atoms with van der Waals surface area (Å²) in [4.78, 5) is 5.63. The van der Waals surface area contributed by atoms with Crippen LogP contribution in [0.3, 0.4) is 0 Å². The van der Waals surface area contributed by atoms with E-state index in [9.17, 15) is 9.50 Å². The fraction of sp³-hybridized carbons (Fsp3) is 0.0526. The number of nitrogens with zero attached hydrogens (tertiary/aromatic N) is 2. The highest BCUT2D eigenvalue weighted by molar-refractivity contribution is 7.16. The minimum Gasteiger partial charge on any atom is -0.384 e. The van der Waals surface area contributed by atoms with Crippen LogP contribution in [0.5, 0.6) is 0 Å². The topological polar surface area (TPSA) is 83.5 Å². The molecule has 0 amide bonds. The van der Waals surface area contributed by atoms with Gasteiger partial charge < -0.3 is 16.3 Å². The average Bonchev–Trinajstić information content (AvgIpc) is 3.12. The normalized spacial score (nSPS) is 12.3. The van der Waals surface area contributed by atoms with Crippen LogP contribution in [0.15, 0.2) is 60.5 Å². The molecule has 0 bridgehead atoms. The predicted octanol–water partition coefficient (Wildman–Crippen LogP) is 4.15. The van der Waals surface area contributed by atoms with E-state index in [4.69, 9.17) is 17.4 Å². The molecule has 4 N–H and O–H groups in total. The number of aliphatic hydroxyl groups excluding tert-OH is 1.